The van der Waals surface area contributed by atoms with Gasteiger partial charge in [-0.05, 0) is 37.2 Å². The van der Waals surface area contributed by atoms with Crippen LogP contribution < -0.4 is 5.32 Å². The zero-order valence-electron chi connectivity index (χ0n) is 14.6. The molecule has 24 heavy (non-hydrogen) atoms. The van der Waals surface area contributed by atoms with Gasteiger partial charge in [-0.3, -0.25) is 14.5 Å². The van der Waals surface area contributed by atoms with Gasteiger partial charge in [0.2, 0.25) is 0 Å². The third-order valence-corrected chi connectivity index (χ3v) is 4.11. The standard InChI is InChI=1S/C19H25N3O2/c1-4-22(5-2)13-16-8-6-15(7-9-16)11-21-19(24)18-10-17(12-20-18)14(3)23/h6-10,12,20H,4-5,11,13H2,1-3H3,(H,21,24). The highest BCUT2D eigenvalue weighted by Gasteiger charge is 2.10. The summed E-state index contributed by atoms with van der Waals surface area (Å²) >= 11 is 0. The minimum Gasteiger partial charge on any atom is -0.356 e. The highest BCUT2D eigenvalue weighted by atomic mass is 16.2. The Bertz CT molecular complexity index is 685. The van der Waals surface area contributed by atoms with E-state index in [-0.39, 0.29) is 11.7 Å². The first kappa shape index (κ1) is 17.9. The zero-order valence-corrected chi connectivity index (χ0v) is 14.6. The zero-order chi connectivity index (χ0) is 17.5. The molecule has 0 spiro atoms. The van der Waals surface area contributed by atoms with Crippen molar-refractivity contribution in [1.82, 2.24) is 15.2 Å². The molecular formula is C19H25N3O2. The molecule has 0 saturated heterocycles. The second-order valence-corrected chi connectivity index (χ2v) is 5.82. The highest BCUT2D eigenvalue weighted by Crippen LogP contribution is 2.08. The van der Waals surface area contributed by atoms with E-state index in [1.165, 1.54) is 12.5 Å². The molecule has 0 fully saturated rings. The molecule has 0 atom stereocenters. The van der Waals surface area contributed by atoms with Gasteiger partial charge in [-0.1, -0.05) is 38.1 Å². The number of aromatic amines is 1. The highest BCUT2D eigenvalue weighted by molar-refractivity contribution is 5.99. The summed E-state index contributed by atoms with van der Waals surface area (Å²) in [5.74, 6) is -0.274. The van der Waals surface area contributed by atoms with E-state index in [0.717, 1.165) is 25.2 Å². The van der Waals surface area contributed by atoms with Gasteiger partial charge < -0.3 is 10.3 Å². The second kappa shape index (κ2) is 8.45. The van der Waals surface area contributed by atoms with Crippen molar-refractivity contribution in [2.24, 2.45) is 0 Å². The number of rotatable bonds is 8. The summed E-state index contributed by atoms with van der Waals surface area (Å²) in [4.78, 5) is 28.5. The quantitative estimate of drug-likeness (QED) is 0.733. The Kier molecular flexibility index (Phi) is 6.32. The van der Waals surface area contributed by atoms with Crippen LogP contribution in [0, 0.1) is 0 Å². The summed E-state index contributed by atoms with van der Waals surface area (Å²) in [7, 11) is 0. The number of carbonyl (C=O) groups excluding carboxylic acids is 2. The number of hydrogen-bond acceptors (Lipinski definition) is 3. The van der Waals surface area contributed by atoms with Gasteiger partial charge in [0.15, 0.2) is 5.78 Å². The van der Waals surface area contributed by atoms with Crippen molar-refractivity contribution < 1.29 is 9.59 Å². The molecule has 0 bridgehead atoms. The minimum absolute atomic E-state index is 0.0610. The Labute approximate surface area is 143 Å². The second-order valence-electron chi connectivity index (χ2n) is 5.82. The van der Waals surface area contributed by atoms with Crippen LogP contribution >= 0.6 is 0 Å². The van der Waals surface area contributed by atoms with Crippen LogP contribution in [0.5, 0.6) is 0 Å². The average Bonchev–Trinajstić information content (AvgIpc) is 3.09. The molecule has 5 heteroatoms. The summed E-state index contributed by atoms with van der Waals surface area (Å²) < 4.78 is 0. The van der Waals surface area contributed by atoms with E-state index in [4.69, 9.17) is 0 Å². The number of H-pyrrole nitrogens is 1. The van der Waals surface area contributed by atoms with E-state index in [1.807, 2.05) is 12.1 Å². The molecule has 1 aromatic carbocycles. The van der Waals surface area contributed by atoms with E-state index in [1.54, 1.807) is 12.3 Å². The van der Waals surface area contributed by atoms with Crippen LogP contribution in [0.15, 0.2) is 36.5 Å². The summed E-state index contributed by atoms with van der Waals surface area (Å²) in [6.07, 6.45) is 1.55. The van der Waals surface area contributed by atoms with E-state index in [0.29, 0.717) is 17.8 Å². The fourth-order valence-corrected chi connectivity index (χ4v) is 2.47. The van der Waals surface area contributed by atoms with Gasteiger partial charge in [0.1, 0.15) is 5.69 Å². The van der Waals surface area contributed by atoms with Crippen molar-refractivity contribution >= 4 is 11.7 Å². The number of hydrogen-bond donors (Lipinski definition) is 2. The number of nitrogens with zero attached hydrogens (tertiary/aromatic N) is 1. The summed E-state index contributed by atoms with van der Waals surface area (Å²) in [5.41, 5.74) is 3.23. The SMILES string of the molecule is CCN(CC)Cc1ccc(CNC(=O)c2cc(C(C)=O)c[nH]2)cc1. The molecule has 0 saturated carbocycles. The van der Waals surface area contributed by atoms with Gasteiger partial charge in [-0.25, -0.2) is 0 Å². The Morgan fingerprint density at radius 1 is 1.08 bits per heavy atom. The molecule has 0 aliphatic heterocycles. The van der Waals surface area contributed by atoms with Crippen molar-refractivity contribution in [3.8, 4) is 0 Å². The van der Waals surface area contributed by atoms with Gasteiger partial charge in [0, 0.05) is 24.8 Å². The molecule has 0 aliphatic carbocycles. The molecule has 128 valence electrons. The Hall–Kier alpha value is -2.40. The predicted molar refractivity (Wildman–Crippen MR) is 95.0 cm³/mol. The summed E-state index contributed by atoms with van der Waals surface area (Å²) in [6.45, 7) is 9.26. The number of benzene rings is 1. The van der Waals surface area contributed by atoms with Gasteiger partial charge in [0.05, 0.1) is 0 Å². The van der Waals surface area contributed by atoms with Crippen LogP contribution in [-0.2, 0) is 13.1 Å². The van der Waals surface area contributed by atoms with Crippen molar-refractivity contribution in [1.29, 1.82) is 0 Å². The van der Waals surface area contributed by atoms with E-state index < -0.39 is 0 Å². The number of aromatic nitrogens is 1. The lowest BCUT2D eigenvalue weighted by Crippen LogP contribution is -2.23. The third-order valence-electron chi connectivity index (χ3n) is 4.11. The largest absolute Gasteiger partial charge is 0.356 e. The number of nitrogens with one attached hydrogen (secondary N) is 2. The van der Waals surface area contributed by atoms with E-state index >= 15 is 0 Å². The van der Waals surface area contributed by atoms with Crippen molar-refractivity contribution in [2.75, 3.05) is 13.1 Å². The Balaban J connectivity index is 1.89. The van der Waals surface area contributed by atoms with E-state index in [9.17, 15) is 9.59 Å². The fourth-order valence-electron chi connectivity index (χ4n) is 2.47. The first-order valence-electron chi connectivity index (χ1n) is 8.31. The number of carbonyl (C=O) groups is 2. The van der Waals surface area contributed by atoms with E-state index in [2.05, 4.69) is 41.2 Å². The Morgan fingerprint density at radius 2 is 1.71 bits per heavy atom. The first-order valence-corrected chi connectivity index (χ1v) is 8.31. The molecule has 1 aromatic heterocycles. The average molecular weight is 327 g/mol. The van der Waals surface area contributed by atoms with Crippen LogP contribution in [0.3, 0.4) is 0 Å². The van der Waals surface area contributed by atoms with Crippen LogP contribution in [0.25, 0.3) is 0 Å². The maximum Gasteiger partial charge on any atom is 0.267 e. The number of Topliss-reactive ketones (excluding diaryl/α,β-unsaturated/α-hetero) is 1. The molecular weight excluding hydrogens is 302 g/mol. The predicted octanol–water partition coefficient (Wildman–Crippen LogP) is 2.99. The van der Waals surface area contributed by atoms with Gasteiger partial charge in [-0.2, -0.15) is 0 Å². The molecule has 0 aliphatic rings. The molecule has 2 N–H and O–H groups in total. The lowest BCUT2D eigenvalue weighted by molar-refractivity contribution is 0.0946. The molecule has 0 radical (unpaired) electrons. The fraction of sp³-hybridized carbons (Fsp3) is 0.368. The van der Waals surface area contributed by atoms with Gasteiger partial charge in [-0.15, -0.1) is 0 Å². The lowest BCUT2D eigenvalue weighted by atomic mass is 10.1. The van der Waals surface area contributed by atoms with Crippen LogP contribution in [0.1, 0.15) is 52.7 Å². The monoisotopic (exact) mass is 327 g/mol. The van der Waals surface area contributed by atoms with Crippen LogP contribution in [0.2, 0.25) is 0 Å². The normalized spacial score (nSPS) is 10.8. The topological polar surface area (TPSA) is 65.2 Å². The third kappa shape index (κ3) is 4.80. The first-order chi connectivity index (χ1) is 11.5. The smallest absolute Gasteiger partial charge is 0.267 e. The van der Waals surface area contributed by atoms with Crippen molar-refractivity contribution in [2.45, 2.75) is 33.9 Å². The number of ketones is 1. The molecule has 5 nitrogen and oxygen atoms in total. The van der Waals surface area contributed by atoms with Crippen molar-refractivity contribution in [3.05, 3.63) is 58.9 Å². The van der Waals surface area contributed by atoms with Crippen LogP contribution in [-0.4, -0.2) is 34.7 Å². The maximum absolute atomic E-state index is 12.1. The summed E-state index contributed by atoms with van der Waals surface area (Å²) in [6, 6.07) is 9.85. The molecule has 2 rings (SSSR count). The van der Waals surface area contributed by atoms with Gasteiger partial charge >= 0.3 is 0 Å². The van der Waals surface area contributed by atoms with Gasteiger partial charge in [0.25, 0.3) is 5.91 Å². The Morgan fingerprint density at radius 3 is 2.25 bits per heavy atom. The van der Waals surface area contributed by atoms with Crippen molar-refractivity contribution in [3.63, 3.8) is 0 Å². The molecule has 1 amide bonds. The van der Waals surface area contributed by atoms with Crippen LogP contribution in [0.4, 0.5) is 0 Å². The lowest BCUT2D eigenvalue weighted by Gasteiger charge is -2.18. The number of amides is 1. The summed E-state index contributed by atoms with van der Waals surface area (Å²) in [5, 5.41) is 2.86. The molecule has 0 unspecified atom stereocenters. The maximum atomic E-state index is 12.1. The molecule has 2 aromatic rings. The molecule has 1 heterocycles. The minimum atomic E-state index is -0.213.